The number of piperidine rings is 1. The van der Waals surface area contributed by atoms with Gasteiger partial charge in [-0.3, -0.25) is 9.88 Å². The fourth-order valence-electron chi connectivity index (χ4n) is 3.73. The van der Waals surface area contributed by atoms with E-state index in [9.17, 15) is 0 Å². The maximum absolute atomic E-state index is 4.09. The van der Waals surface area contributed by atoms with E-state index in [1.54, 1.807) is 0 Å². The number of pyridine rings is 1. The van der Waals surface area contributed by atoms with Crippen LogP contribution in [-0.4, -0.2) is 23.0 Å². The molecule has 0 radical (unpaired) electrons. The van der Waals surface area contributed by atoms with E-state index in [0.29, 0.717) is 0 Å². The Hall–Kier alpha value is -0.890. The van der Waals surface area contributed by atoms with Gasteiger partial charge in [-0.05, 0) is 61.9 Å². The predicted molar refractivity (Wildman–Crippen MR) is 74.3 cm³/mol. The lowest BCUT2D eigenvalue weighted by Crippen LogP contribution is -2.40. The molecule has 1 aliphatic carbocycles. The van der Waals surface area contributed by atoms with Crippen molar-refractivity contribution >= 4 is 0 Å². The van der Waals surface area contributed by atoms with Crippen LogP contribution in [-0.2, 0) is 6.54 Å². The second-order valence-corrected chi connectivity index (χ2v) is 6.19. The molecule has 0 N–H and O–H groups in total. The third kappa shape index (κ3) is 2.74. The van der Waals surface area contributed by atoms with Crippen molar-refractivity contribution in [2.24, 2.45) is 5.41 Å². The van der Waals surface area contributed by atoms with Gasteiger partial charge in [0, 0.05) is 18.9 Å². The summed E-state index contributed by atoms with van der Waals surface area (Å²) < 4.78 is 0. The minimum Gasteiger partial charge on any atom is -0.299 e. The largest absolute Gasteiger partial charge is 0.299 e. The van der Waals surface area contributed by atoms with Gasteiger partial charge in [0.2, 0.25) is 0 Å². The maximum Gasteiger partial charge on any atom is 0.0271 e. The van der Waals surface area contributed by atoms with Crippen molar-refractivity contribution in [1.29, 1.82) is 0 Å². The minimum absolute atomic E-state index is 0.729. The molecule has 1 aromatic rings. The molecule has 1 aliphatic heterocycles. The van der Waals surface area contributed by atoms with Crippen LogP contribution in [0.15, 0.2) is 24.5 Å². The molecule has 1 aromatic heterocycles. The van der Waals surface area contributed by atoms with E-state index in [0.717, 1.165) is 12.0 Å². The molecule has 2 fully saturated rings. The van der Waals surface area contributed by atoms with Gasteiger partial charge in [-0.25, -0.2) is 0 Å². The molecular formula is C16H24N2. The zero-order valence-corrected chi connectivity index (χ0v) is 11.3. The van der Waals surface area contributed by atoms with Gasteiger partial charge >= 0.3 is 0 Å². The summed E-state index contributed by atoms with van der Waals surface area (Å²) in [6, 6.07) is 4.29. The molecule has 2 aliphatic rings. The van der Waals surface area contributed by atoms with Gasteiger partial charge in [-0.15, -0.1) is 0 Å². The van der Waals surface area contributed by atoms with Crippen molar-refractivity contribution in [3.63, 3.8) is 0 Å². The van der Waals surface area contributed by atoms with E-state index in [-0.39, 0.29) is 0 Å². The van der Waals surface area contributed by atoms with Crippen LogP contribution in [0.25, 0.3) is 0 Å². The Balaban J connectivity index is 1.54. The average Bonchev–Trinajstić information content (AvgIpc) is 2.44. The van der Waals surface area contributed by atoms with Crippen LogP contribution in [0.1, 0.15) is 50.5 Å². The standard InChI is InChI=1S/C16H24N2/c1-2-6-16(7-3-1)8-12-18(13-9-16)14-15-4-10-17-11-5-15/h4-5,10-11H,1-3,6-9,12-14H2. The van der Waals surface area contributed by atoms with Crippen LogP contribution in [0.4, 0.5) is 0 Å². The first kappa shape index (κ1) is 12.2. The van der Waals surface area contributed by atoms with Gasteiger partial charge in [0.1, 0.15) is 0 Å². The zero-order valence-electron chi connectivity index (χ0n) is 11.3. The highest BCUT2D eigenvalue weighted by Gasteiger charge is 2.35. The van der Waals surface area contributed by atoms with Crippen molar-refractivity contribution in [2.45, 2.75) is 51.5 Å². The molecule has 98 valence electrons. The second-order valence-electron chi connectivity index (χ2n) is 6.19. The highest BCUT2D eigenvalue weighted by molar-refractivity contribution is 5.09. The maximum atomic E-state index is 4.09. The summed E-state index contributed by atoms with van der Waals surface area (Å²) >= 11 is 0. The Kier molecular flexibility index (Phi) is 3.64. The van der Waals surface area contributed by atoms with Crippen molar-refractivity contribution in [1.82, 2.24) is 9.88 Å². The van der Waals surface area contributed by atoms with Gasteiger partial charge in [-0.2, -0.15) is 0 Å². The van der Waals surface area contributed by atoms with Crippen LogP contribution in [0, 0.1) is 5.41 Å². The topological polar surface area (TPSA) is 16.1 Å². The second kappa shape index (κ2) is 5.40. The highest BCUT2D eigenvalue weighted by Crippen LogP contribution is 2.44. The number of hydrogen-bond acceptors (Lipinski definition) is 2. The first-order valence-electron chi connectivity index (χ1n) is 7.48. The number of nitrogens with zero attached hydrogens (tertiary/aromatic N) is 2. The van der Waals surface area contributed by atoms with Crippen LogP contribution in [0.2, 0.25) is 0 Å². The molecule has 1 saturated heterocycles. The number of likely N-dealkylation sites (tertiary alicyclic amines) is 1. The quantitative estimate of drug-likeness (QED) is 0.790. The summed E-state index contributed by atoms with van der Waals surface area (Å²) in [5, 5.41) is 0. The molecule has 1 saturated carbocycles. The zero-order chi connectivity index (χ0) is 12.3. The summed E-state index contributed by atoms with van der Waals surface area (Å²) in [6.45, 7) is 3.70. The van der Waals surface area contributed by atoms with E-state index in [1.165, 1.54) is 63.6 Å². The molecule has 1 spiro atoms. The van der Waals surface area contributed by atoms with Gasteiger partial charge in [0.25, 0.3) is 0 Å². The molecule has 0 atom stereocenters. The normalized spacial score (nSPS) is 24.2. The number of hydrogen-bond donors (Lipinski definition) is 0. The molecular weight excluding hydrogens is 220 g/mol. The van der Waals surface area contributed by atoms with E-state index < -0.39 is 0 Å². The molecule has 0 bridgehead atoms. The molecule has 3 rings (SSSR count). The van der Waals surface area contributed by atoms with Crippen molar-refractivity contribution in [2.75, 3.05) is 13.1 Å². The Morgan fingerprint density at radius 3 is 2.28 bits per heavy atom. The smallest absolute Gasteiger partial charge is 0.0271 e. The van der Waals surface area contributed by atoms with Crippen molar-refractivity contribution in [3.8, 4) is 0 Å². The van der Waals surface area contributed by atoms with E-state index in [4.69, 9.17) is 0 Å². The lowest BCUT2D eigenvalue weighted by molar-refractivity contribution is 0.0641. The molecule has 2 nitrogen and oxygen atoms in total. The summed E-state index contributed by atoms with van der Waals surface area (Å²) in [6.07, 6.45) is 14.1. The monoisotopic (exact) mass is 244 g/mol. The summed E-state index contributed by atoms with van der Waals surface area (Å²) in [5.74, 6) is 0. The fourth-order valence-corrected chi connectivity index (χ4v) is 3.73. The van der Waals surface area contributed by atoms with Crippen LogP contribution < -0.4 is 0 Å². The number of rotatable bonds is 2. The van der Waals surface area contributed by atoms with Gasteiger partial charge in [-0.1, -0.05) is 19.3 Å². The Bertz CT molecular complexity index is 358. The average molecular weight is 244 g/mol. The molecule has 0 amide bonds. The SMILES string of the molecule is c1cc(CN2CCC3(CCCCC3)CC2)ccn1. The van der Waals surface area contributed by atoms with Crippen LogP contribution in [0.3, 0.4) is 0 Å². The first-order chi connectivity index (χ1) is 8.86. The minimum atomic E-state index is 0.729. The van der Waals surface area contributed by atoms with E-state index >= 15 is 0 Å². The third-order valence-electron chi connectivity index (χ3n) is 4.99. The summed E-state index contributed by atoms with van der Waals surface area (Å²) in [4.78, 5) is 6.71. The lowest BCUT2D eigenvalue weighted by atomic mass is 9.68. The van der Waals surface area contributed by atoms with Gasteiger partial charge < -0.3 is 0 Å². The highest BCUT2D eigenvalue weighted by atomic mass is 15.1. The molecule has 2 heteroatoms. The van der Waals surface area contributed by atoms with Crippen LogP contribution in [0.5, 0.6) is 0 Å². The van der Waals surface area contributed by atoms with Crippen molar-refractivity contribution in [3.05, 3.63) is 30.1 Å². The number of aromatic nitrogens is 1. The van der Waals surface area contributed by atoms with Crippen molar-refractivity contribution < 1.29 is 0 Å². The predicted octanol–water partition coefficient (Wildman–Crippen LogP) is 3.63. The lowest BCUT2D eigenvalue weighted by Gasteiger charge is -2.44. The Labute approximate surface area is 110 Å². The van der Waals surface area contributed by atoms with Crippen LogP contribution >= 0.6 is 0 Å². The molecule has 18 heavy (non-hydrogen) atoms. The Morgan fingerprint density at radius 1 is 0.944 bits per heavy atom. The third-order valence-corrected chi connectivity index (χ3v) is 4.99. The summed E-state index contributed by atoms with van der Waals surface area (Å²) in [7, 11) is 0. The molecule has 0 unspecified atom stereocenters. The summed E-state index contributed by atoms with van der Waals surface area (Å²) in [5.41, 5.74) is 2.14. The fraction of sp³-hybridized carbons (Fsp3) is 0.688. The molecule has 0 aromatic carbocycles. The van der Waals surface area contributed by atoms with Gasteiger partial charge in [0.15, 0.2) is 0 Å². The van der Waals surface area contributed by atoms with E-state index in [2.05, 4.69) is 22.0 Å². The van der Waals surface area contributed by atoms with E-state index in [1.807, 2.05) is 12.4 Å². The first-order valence-corrected chi connectivity index (χ1v) is 7.48. The van der Waals surface area contributed by atoms with Gasteiger partial charge in [0.05, 0.1) is 0 Å². The Morgan fingerprint density at radius 2 is 1.61 bits per heavy atom. The molecule has 2 heterocycles.